The summed E-state index contributed by atoms with van der Waals surface area (Å²) in [4.78, 5) is 0. The Hall–Kier alpha value is -0.470. The smallest absolute Gasteiger partial charge is 0.0291 e. The van der Waals surface area contributed by atoms with Gasteiger partial charge in [0.1, 0.15) is 0 Å². The van der Waals surface area contributed by atoms with E-state index in [1.54, 1.807) is 0 Å². The van der Waals surface area contributed by atoms with Crippen molar-refractivity contribution < 1.29 is 0 Å². The Morgan fingerprint density at radius 2 is 1.89 bits per heavy atom. The van der Waals surface area contributed by atoms with E-state index in [0.29, 0.717) is 6.04 Å². The fourth-order valence-corrected chi connectivity index (χ4v) is 2.44. The normalized spacial score (nSPS) is 12.6. The molecule has 18 heavy (non-hydrogen) atoms. The minimum Gasteiger partial charge on any atom is -0.310 e. The summed E-state index contributed by atoms with van der Waals surface area (Å²) in [5, 5.41) is 3.58. The second-order valence-electron chi connectivity index (χ2n) is 4.87. The van der Waals surface area contributed by atoms with Crippen LogP contribution in [0.3, 0.4) is 0 Å². The Morgan fingerprint density at radius 3 is 2.50 bits per heavy atom. The van der Waals surface area contributed by atoms with Gasteiger partial charge in [0, 0.05) is 6.04 Å². The lowest BCUT2D eigenvalue weighted by atomic mass is 10.0. The second kappa shape index (κ2) is 9.46. The molecule has 2 heteroatoms. The lowest BCUT2D eigenvalue weighted by Crippen LogP contribution is -2.20. The predicted molar refractivity (Wildman–Crippen MR) is 84.5 cm³/mol. The third kappa shape index (κ3) is 5.92. The van der Waals surface area contributed by atoms with Crippen LogP contribution in [0.4, 0.5) is 0 Å². The summed E-state index contributed by atoms with van der Waals surface area (Å²) in [6.45, 7) is 5.61. The third-order valence-corrected chi connectivity index (χ3v) is 3.97. The van der Waals surface area contributed by atoms with Gasteiger partial charge in [-0.15, -0.1) is 0 Å². The van der Waals surface area contributed by atoms with Gasteiger partial charge in [-0.1, -0.05) is 37.6 Å². The van der Waals surface area contributed by atoms with Crippen LogP contribution in [0.2, 0.25) is 0 Å². The zero-order valence-electron chi connectivity index (χ0n) is 12.0. The summed E-state index contributed by atoms with van der Waals surface area (Å²) < 4.78 is 0. The summed E-state index contributed by atoms with van der Waals surface area (Å²) in [6.07, 6.45) is 7.20. The van der Waals surface area contributed by atoms with Crippen molar-refractivity contribution in [2.45, 2.75) is 45.6 Å². The Balaban J connectivity index is 2.36. The largest absolute Gasteiger partial charge is 0.310 e. The monoisotopic (exact) mass is 265 g/mol. The highest BCUT2D eigenvalue weighted by Gasteiger charge is 2.03. The molecular formula is C16H27NS. The first-order valence-corrected chi connectivity index (χ1v) is 8.48. The Labute approximate surface area is 117 Å². The zero-order valence-corrected chi connectivity index (χ0v) is 12.9. The molecule has 0 spiro atoms. The molecule has 0 aliphatic carbocycles. The van der Waals surface area contributed by atoms with Gasteiger partial charge in [-0.05, 0) is 55.9 Å². The molecule has 1 atom stereocenters. The molecule has 0 saturated heterocycles. The van der Waals surface area contributed by atoms with Crippen molar-refractivity contribution in [1.29, 1.82) is 0 Å². The van der Waals surface area contributed by atoms with Gasteiger partial charge in [-0.25, -0.2) is 0 Å². The maximum Gasteiger partial charge on any atom is 0.0291 e. The summed E-state index contributed by atoms with van der Waals surface area (Å²) >= 11 is 1.92. The molecule has 0 radical (unpaired) electrons. The topological polar surface area (TPSA) is 12.0 Å². The molecule has 0 aliphatic heterocycles. The minimum absolute atomic E-state index is 0.465. The zero-order chi connectivity index (χ0) is 13.2. The molecule has 1 aromatic rings. The van der Waals surface area contributed by atoms with E-state index in [9.17, 15) is 0 Å². The van der Waals surface area contributed by atoms with Crippen molar-refractivity contribution in [3.8, 4) is 0 Å². The second-order valence-corrected chi connectivity index (χ2v) is 5.85. The lowest BCUT2D eigenvalue weighted by Gasteiger charge is -2.14. The molecule has 1 nitrogen and oxygen atoms in total. The maximum atomic E-state index is 3.58. The fraction of sp³-hybridized carbons (Fsp3) is 0.625. The van der Waals surface area contributed by atoms with Crippen molar-refractivity contribution in [3.05, 3.63) is 35.4 Å². The molecule has 1 aromatic carbocycles. The number of benzene rings is 1. The van der Waals surface area contributed by atoms with Gasteiger partial charge >= 0.3 is 0 Å². The number of unbranched alkanes of at least 4 members (excludes halogenated alkanes) is 1. The van der Waals surface area contributed by atoms with E-state index >= 15 is 0 Å². The molecule has 102 valence electrons. The van der Waals surface area contributed by atoms with E-state index in [1.165, 1.54) is 42.6 Å². The van der Waals surface area contributed by atoms with Gasteiger partial charge in [-0.3, -0.25) is 0 Å². The highest BCUT2D eigenvalue weighted by Crippen LogP contribution is 2.14. The van der Waals surface area contributed by atoms with Crippen LogP contribution in [0, 0.1) is 0 Å². The van der Waals surface area contributed by atoms with Crippen molar-refractivity contribution in [3.63, 3.8) is 0 Å². The van der Waals surface area contributed by atoms with Crippen LogP contribution in [0.15, 0.2) is 24.3 Å². The van der Waals surface area contributed by atoms with Crippen LogP contribution in [0.5, 0.6) is 0 Å². The molecule has 0 bridgehead atoms. The number of rotatable bonds is 9. The van der Waals surface area contributed by atoms with Gasteiger partial charge in [0.05, 0.1) is 0 Å². The number of hydrogen-bond donors (Lipinski definition) is 1. The summed E-state index contributed by atoms with van der Waals surface area (Å²) in [5.41, 5.74) is 2.87. The van der Waals surface area contributed by atoms with Gasteiger partial charge in [0.2, 0.25) is 0 Å². The van der Waals surface area contributed by atoms with Crippen molar-refractivity contribution in [2.75, 3.05) is 18.6 Å². The Kier molecular flexibility index (Phi) is 8.19. The van der Waals surface area contributed by atoms with Crippen molar-refractivity contribution >= 4 is 11.8 Å². The maximum absolute atomic E-state index is 3.58. The van der Waals surface area contributed by atoms with Crippen molar-refractivity contribution in [2.24, 2.45) is 0 Å². The first-order valence-electron chi connectivity index (χ1n) is 7.09. The molecule has 0 saturated carbocycles. The average Bonchev–Trinajstić information content (AvgIpc) is 2.41. The van der Waals surface area contributed by atoms with Crippen LogP contribution in [0.1, 0.15) is 50.3 Å². The molecule has 1 unspecified atom stereocenters. The molecule has 0 aliphatic rings. The van der Waals surface area contributed by atoms with Crippen LogP contribution in [-0.4, -0.2) is 18.6 Å². The SMILES string of the molecule is CCCCc1ccc(C(C)NCCCSC)cc1. The minimum atomic E-state index is 0.465. The average molecular weight is 265 g/mol. The van der Waals surface area contributed by atoms with Crippen LogP contribution < -0.4 is 5.32 Å². The molecule has 1 N–H and O–H groups in total. The van der Waals surface area contributed by atoms with Crippen LogP contribution in [0.25, 0.3) is 0 Å². The number of nitrogens with one attached hydrogen (secondary N) is 1. The van der Waals surface area contributed by atoms with Crippen LogP contribution >= 0.6 is 11.8 Å². The molecule has 1 rings (SSSR count). The predicted octanol–water partition coefficient (Wildman–Crippen LogP) is 4.43. The van der Waals surface area contributed by atoms with E-state index in [4.69, 9.17) is 0 Å². The molecule has 0 fully saturated rings. The van der Waals surface area contributed by atoms with Gasteiger partial charge in [-0.2, -0.15) is 11.8 Å². The van der Waals surface area contributed by atoms with Crippen LogP contribution in [-0.2, 0) is 6.42 Å². The summed E-state index contributed by atoms with van der Waals surface area (Å²) in [6, 6.07) is 9.58. The quantitative estimate of drug-likeness (QED) is 0.663. The standard InChI is InChI=1S/C16H27NS/c1-4-5-7-15-8-10-16(11-9-15)14(2)17-12-6-13-18-3/h8-11,14,17H,4-7,12-13H2,1-3H3. The van der Waals surface area contributed by atoms with E-state index < -0.39 is 0 Å². The molecule has 0 amide bonds. The molecule has 0 aromatic heterocycles. The van der Waals surface area contributed by atoms with Crippen molar-refractivity contribution in [1.82, 2.24) is 5.32 Å². The highest BCUT2D eigenvalue weighted by atomic mass is 32.2. The highest BCUT2D eigenvalue weighted by molar-refractivity contribution is 7.98. The first-order chi connectivity index (χ1) is 8.77. The fourth-order valence-electron chi connectivity index (χ4n) is 2.01. The van der Waals surface area contributed by atoms with Gasteiger partial charge < -0.3 is 5.32 Å². The summed E-state index contributed by atoms with van der Waals surface area (Å²) in [7, 11) is 0. The Morgan fingerprint density at radius 1 is 1.17 bits per heavy atom. The lowest BCUT2D eigenvalue weighted by molar-refractivity contribution is 0.572. The van der Waals surface area contributed by atoms with Gasteiger partial charge in [0.15, 0.2) is 0 Å². The number of thioether (sulfide) groups is 1. The molecule has 0 heterocycles. The molecular weight excluding hydrogens is 238 g/mol. The van der Waals surface area contributed by atoms with Gasteiger partial charge in [0.25, 0.3) is 0 Å². The van der Waals surface area contributed by atoms with E-state index in [-0.39, 0.29) is 0 Å². The summed E-state index contributed by atoms with van der Waals surface area (Å²) in [5.74, 6) is 1.25. The number of hydrogen-bond acceptors (Lipinski definition) is 2. The van der Waals surface area contributed by atoms with E-state index in [1.807, 2.05) is 11.8 Å². The number of aryl methyl sites for hydroxylation is 1. The Bertz CT molecular complexity index is 307. The van der Waals surface area contributed by atoms with E-state index in [0.717, 1.165) is 6.54 Å². The van der Waals surface area contributed by atoms with E-state index in [2.05, 4.69) is 49.7 Å². The third-order valence-electron chi connectivity index (χ3n) is 3.27. The first kappa shape index (κ1) is 15.6.